The van der Waals surface area contributed by atoms with Crippen LogP contribution in [0, 0.1) is 0 Å². The van der Waals surface area contributed by atoms with Gasteiger partial charge < -0.3 is 9.88 Å². The molecule has 0 saturated heterocycles. The summed E-state index contributed by atoms with van der Waals surface area (Å²) in [5, 5.41) is 16.4. The van der Waals surface area contributed by atoms with E-state index in [1.54, 1.807) is 6.20 Å². The van der Waals surface area contributed by atoms with Gasteiger partial charge in [-0.3, -0.25) is 0 Å². The van der Waals surface area contributed by atoms with Gasteiger partial charge in [0.15, 0.2) is 0 Å². The second-order valence-electron chi connectivity index (χ2n) is 5.95. The molecular weight excluding hydrogens is 288 g/mol. The molecule has 2 aromatic heterocycles. The van der Waals surface area contributed by atoms with Crippen LogP contribution in [-0.2, 0) is 19.5 Å². The van der Waals surface area contributed by atoms with Gasteiger partial charge in [-0.15, -0.1) is 10.2 Å². The highest BCUT2D eigenvalue weighted by atomic mass is 15.3. The highest BCUT2D eigenvalue weighted by Gasteiger charge is 2.20. The fourth-order valence-electron chi connectivity index (χ4n) is 3.04. The molecule has 1 N–H and O–H groups in total. The van der Waals surface area contributed by atoms with E-state index in [1.165, 1.54) is 12.0 Å². The number of nitrogens with one attached hydrogen (secondary N) is 1. The van der Waals surface area contributed by atoms with Crippen LogP contribution in [-0.4, -0.2) is 24.5 Å². The van der Waals surface area contributed by atoms with E-state index >= 15 is 0 Å². The Morgan fingerprint density at radius 1 is 1.22 bits per heavy atom. The Morgan fingerprint density at radius 2 is 2.09 bits per heavy atom. The zero-order chi connectivity index (χ0) is 15.6. The summed E-state index contributed by atoms with van der Waals surface area (Å²) in [6.45, 7) is 4.00. The van der Waals surface area contributed by atoms with E-state index in [-0.39, 0.29) is 6.04 Å². The molecule has 0 amide bonds. The molecule has 0 unspecified atom stereocenters. The van der Waals surface area contributed by atoms with Gasteiger partial charge in [0, 0.05) is 31.9 Å². The summed E-state index contributed by atoms with van der Waals surface area (Å²) in [6, 6.07) is 10.6. The lowest BCUT2D eigenvalue weighted by Crippen LogP contribution is -2.21. The number of benzene rings is 1. The zero-order valence-corrected chi connectivity index (χ0v) is 13.2. The van der Waals surface area contributed by atoms with Crippen LogP contribution in [0.2, 0.25) is 0 Å². The van der Waals surface area contributed by atoms with Gasteiger partial charge in [-0.1, -0.05) is 12.1 Å². The molecule has 3 heterocycles. The minimum absolute atomic E-state index is 0.195. The Morgan fingerprint density at radius 3 is 2.87 bits per heavy atom. The summed E-state index contributed by atoms with van der Waals surface area (Å²) in [5.41, 5.74) is 2.32. The monoisotopic (exact) mass is 308 g/mol. The van der Waals surface area contributed by atoms with E-state index in [0.717, 1.165) is 36.8 Å². The van der Waals surface area contributed by atoms with Crippen molar-refractivity contribution in [3.8, 4) is 5.69 Å². The first-order valence-corrected chi connectivity index (χ1v) is 8.05. The van der Waals surface area contributed by atoms with Gasteiger partial charge in [-0.25, -0.2) is 4.68 Å². The van der Waals surface area contributed by atoms with Crippen molar-refractivity contribution in [2.75, 3.05) is 0 Å². The maximum absolute atomic E-state index is 4.34. The van der Waals surface area contributed by atoms with E-state index in [4.69, 9.17) is 0 Å². The predicted octanol–water partition coefficient (Wildman–Crippen LogP) is 2.26. The average molecular weight is 308 g/mol. The quantitative estimate of drug-likeness (QED) is 0.785. The Balaban J connectivity index is 1.40. The predicted molar refractivity (Wildman–Crippen MR) is 87.2 cm³/mol. The lowest BCUT2D eigenvalue weighted by Gasteiger charge is -2.14. The highest BCUT2D eigenvalue weighted by molar-refractivity contribution is 5.33. The Hall–Kier alpha value is -2.47. The van der Waals surface area contributed by atoms with Crippen LogP contribution in [0.1, 0.15) is 36.6 Å². The number of aromatic nitrogens is 5. The van der Waals surface area contributed by atoms with Crippen LogP contribution in [0.4, 0.5) is 0 Å². The van der Waals surface area contributed by atoms with Gasteiger partial charge in [0.1, 0.15) is 11.6 Å². The Kier molecular flexibility index (Phi) is 3.67. The number of hydrogen-bond donors (Lipinski definition) is 1. The number of fused-ring (bicyclic) bond motifs is 1. The fourth-order valence-corrected chi connectivity index (χ4v) is 3.04. The molecule has 0 saturated carbocycles. The lowest BCUT2D eigenvalue weighted by molar-refractivity contribution is 0.516. The molecule has 6 nitrogen and oxygen atoms in total. The molecule has 1 atom stereocenters. The van der Waals surface area contributed by atoms with Crippen molar-refractivity contribution < 1.29 is 0 Å². The highest BCUT2D eigenvalue weighted by Crippen LogP contribution is 2.19. The van der Waals surface area contributed by atoms with Gasteiger partial charge in [-0.2, -0.15) is 5.10 Å². The molecule has 6 heteroatoms. The number of rotatable bonds is 5. The molecule has 4 rings (SSSR count). The first-order chi connectivity index (χ1) is 11.3. The van der Waals surface area contributed by atoms with Crippen molar-refractivity contribution in [3.63, 3.8) is 0 Å². The molecule has 0 bridgehead atoms. The maximum atomic E-state index is 4.34. The third kappa shape index (κ3) is 2.77. The molecule has 1 aliphatic rings. The molecule has 0 spiro atoms. The molecule has 1 aliphatic heterocycles. The smallest absolute Gasteiger partial charge is 0.149 e. The third-order valence-electron chi connectivity index (χ3n) is 4.34. The SMILES string of the molecule is C[C@@H](NCc1ccc(-n2cccn2)cc1)c1nnc2n1CCC2. The molecule has 0 fully saturated rings. The van der Waals surface area contributed by atoms with E-state index in [1.807, 2.05) is 16.9 Å². The molecule has 1 aromatic carbocycles. The van der Waals surface area contributed by atoms with Gasteiger partial charge in [0.25, 0.3) is 0 Å². The van der Waals surface area contributed by atoms with Crippen molar-refractivity contribution in [2.45, 2.75) is 38.9 Å². The standard InChI is InChI=1S/C17H20N6/c1-13(17-21-20-16-4-2-10-22(16)17)18-12-14-5-7-15(8-6-14)23-11-3-9-19-23/h3,5-9,11,13,18H,2,4,10,12H2,1H3/t13-/m1/s1. The molecule has 0 radical (unpaired) electrons. The summed E-state index contributed by atoms with van der Waals surface area (Å²) in [5.74, 6) is 2.17. The number of hydrogen-bond acceptors (Lipinski definition) is 4. The lowest BCUT2D eigenvalue weighted by atomic mass is 10.2. The van der Waals surface area contributed by atoms with Crippen molar-refractivity contribution >= 4 is 0 Å². The summed E-state index contributed by atoms with van der Waals surface area (Å²) in [4.78, 5) is 0. The largest absolute Gasteiger partial charge is 0.314 e. The summed E-state index contributed by atoms with van der Waals surface area (Å²) in [6.07, 6.45) is 5.96. The molecular formula is C17H20N6. The summed E-state index contributed by atoms with van der Waals surface area (Å²) >= 11 is 0. The van der Waals surface area contributed by atoms with E-state index in [2.05, 4.69) is 56.4 Å². The topological polar surface area (TPSA) is 60.6 Å². The zero-order valence-electron chi connectivity index (χ0n) is 13.2. The van der Waals surface area contributed by atoms with Crippen LogP contribution in [0.5, 0.6) is 0 Å². The second kappa shape index (κ2) is 5.96. The normalized spacial score (nSPS) is 14.8. The van der Waals surface area contributed by atoms with Crippen molar-refractivity contribution in [1.29, 1.82) is 0 Å². The Labute approximate surface area is 135 Å². The minimum atomic E-state index is 0.195. The average Bonchev–Trinajstić information content (AvgIpc) is 3.29. The van der Waals surface area contributed by atoms with Crippen molar-refractivity contribution in [3.05, 3.63) is 59.9 Å². The van der Waals surface area contributed by atoms with Crippen LogP contribution < -0.4 is 5.32 Å². The van der Waals surface area contributed by atoms with Crippen molar-refractivity contribution in [1.82, 2.24) is 29.9 Å². The first kappa shape index (κ1) is 14.1. The first-order valence-electron chi connectivity index (χ1n) is 8.05. The van der Waals surface area contributed by atoms with Gasteiger partial charge in [0.05, 0.1) is 11.7 Å². The molecule has 118 valence electrons. The minimum Gasteiger partial charge on any atom is -0.314 e. The second-order valence-corrected chi connectivity index (χ2v) is 5.95. The van der Waals surface area contributed by atoms with Gasteiger partial charge >= 0.3 is 0 Å². The number of aryl methyl sites for hydroxylation is 1. The number of nitrogens with zero attached hydrogens (tertiary/aromatic N) is 5. The third-order valence-corrected chi connectivity index (χ3v) is 4.34. The van der Waals surface area contributed by atoms with Crippen molar-refractivity contribution in [2.24, 2.45) is 0 Å². The van der Waals surface area contributed by atoms with Crippen LogP contribution in [0.15, 0.2) is 42.7 Å². The van der Waals surface area contributed by atoms with E-state index in [0.29, 0.717) is 0 Å². The van der Waals surface area contributed by atoms with Crippen LogP contribution >= 0.6 is 0 Å². The Bertz CT molecular complexity index is 772. The van der Waals surface area contributed by atoms with Gasteiger partial charge in [-0.05, 0) is 37.1 Å². The van der Waals surface area contributed by atoms with E-state index in [9.17, 15) is 0 Å². The van der Waals surface area contributed by atoms with Crippen LogP contribution in [0.25, 0.3) is 5.69 Å². The summed E-state index contributed by atoms with van der Waals surface area (Å²) < 4.78 is 4.11. The maximum Gasteiger partial charge on any atom is 0.149 e. The molecule has 3 aromatic rings. The van der Waals surface area contributed by atoms with E-state index < -0.39 is 0 Å². The summed E-state index contributed by atoms with van der Waals surface area (Å²) in [7, 11) is 0. The molecule has 23 heavy (non-hydrogen) atoms. The fraction of sp³-hybridized carbons (Fsp3) is 0.353. The van der Waals surface area contributed by atoms with Gasteiger partial charge in [0.2, 0.25) is 0 Å². The molecule has 0 aliphatic carbocycles. The van der Waals surface area contributed by atoms with Crippen LogP contribution in [0.3, 0.4) is 0 Å².